The zero-order valence-corrected chi connectivity index (χ0v) is 11.0. The monoisotopic (exact) mass is 294 g/mol. The molecule has 0 N–H and O–H groups in total. The molecule has 2 nitrogen and oxygen atoms in total. The van der Waals surface area contributed by atoms with Crippen molar-refractivity contribution in [2.45, 2.75) is 17.5 Å². The fourth-order valence-corrected chi connectivity index (χ4v) is 2.04. The minimum Gasteiger partial charge on any atom is -0.244 e. The Morgan fingerprint density at radius 1 is 1.20 bits per heavy atom. The minimum absolute atomic E-state index is 0.195. The Balaban J connectivity index is 2.27. The van der Waals surface area contributed by atoms with Gasteiger partial charge in [0, 0.05) is 11.1 Å². The number of alkyl halides is 3. The van der Waals surface area contributed by atoms with Crippen molar-refractivity contribution < 1.29 is 13.2 Å². The molecule has 0 atom stereocenters. The van der Waals surface area contributed by atoms with Crippen LogP contribution in [0.4, 0.5) is 13.2 Å². The molecule has 20 heavy (non-hydrogen) atoms. The van der Waals surface area contributed by atoms with Crippen LogP contribution < -0.4 is 0 Å². The van der Waals surface area contributed by atoms with Crippen LogP contribution in [-0.4, -0.2) is 4.98 Å². The summed E-state index contributed by atoms with van der Waals surface area (Å²) >= 11 is 4.12. The summed E-state index contributed by atoms with van der Waals surface area (Å²) in [6, 6.07) is 8.64. The summed E-state index contributed by atoms with van der Waals surface area (Å²) in [5.74, 6) is 0. The molecule has 0 fully saturated rings. The molecule has 102 valence electrons. The molecule has 6 heteroatoms. The van der Waals surface area contributed by atoms with E-state index in [1.54, 1.807) is 12.1 Å². The third-order valence-corrected chi connectivity index (χ3v) is 3.03. The second-order valence-electron chi connectivity index (χ2n) is 4.20. The van der Waals surface area contributed by atoms with Crippen LogP contribution in [0.25, 0.3) is 0 Å². The second-order valence-corrected chi connectivity index (χ2v) is 4.68. The number of benzene rings is 1. The maximum absolute atomic E-state index is 12.6. The van der Waals surface area contributed by atoms with E-state index in [0.717, 1.165) is 12.1 Å². The van der Waals surface area contributed by atoms with Gasteiger partial charge in [-0.1, -0.05) is 18.2 Å². The number of hydrogen-bond acceptors (Lipinski definition) is 3. The minimum atomic E-state index is -4.35. The van der Waals surface area contributed by atoms with Gasteiger partial charge in [-0.2, -0.15) is 18.4 Å². The molecule has 1 aromatic carbocycles. The van der Waals surface area contributed by atoms with Crippen molar-refractivity contribution in [3.63, 3.8) is 0 Å². The summed E-state index contributed by atoms with van der Waals surface area (Å²) in [7, 11) is 0. The van der Waals surface area contributed by atoms with Gasteiger partial charge in [0.25, 0.3) is 0 Å². The van der Waals surface area contributed by atoms with Gasteiger partial charge in [0.05, 0.1) is 5.56 Å². The normalized spacial score (nSPS) is 11.2. The molecular formula is C14H9F3N2S. The predicted octanol–water partition coefficient (Wildman–Crippen LogP) is 3.85. The van der Waals surface area contributed by atoms with Crippen LogP contribution in [0.2, 0.25) is 0 Å². The third kappa shape index (κ3) is 3.31. The molecule has 0 saturated carbocycles. The van der Waals surface area contributed by atoms with Crippen LogP contribution in [0.1, 0.15) is 22.4 Å². The lowest BCUT2D eigenvalue weighted by Gasteiger charge is -2.09. The summed E-state index contributed by atoms with van der Waals surface area (Å²) in [4.78, 5) is 4.32. The van der Waals surface area contributed by atoms with E-state index in [9.17, 15) is 13.2 Å². The van der Waals surface area contributed by atoms with Crippen LogP contribution in [0, 0.1) is 11.3 Å². The topological polar surface area (TPSA) is 36.7 Å². The van der Waals surface area contributed by atoms with Crippen molar-refractivity contribution in [2.75, 3.05) is 0 Å². The molecule has 0 radical (unpaired) electrons. The molecular weight excluding hydrogens is 285 g/mol. The number of aromatic nitrogens is 1. The van der Waals surface area contributed by atoms with E-state index in [2.05, 4.69) is 17.6 Å². The highest BCUT2D eigenvalue weighted by atomic mass is 32.1. The first-order chi connectivity index (χ1) is 9.40. The average Bonchev–Trinajstić information content (AvgIpc) is 2.38. The Bertz CT molecular complexity index is 675. The molecule has 0 amide bonds. The van der Waals surface area contributed by atoms with Gasteiger partial charge in [0.2, 0.25) is 0 Å². The fraction of sp³-hybridized carbons (Fsp3) is 0.143. The molecule has 1 aromatic heterocycles. The Hall–Kier alpha value is -2.00. The molecule has 0 aliphatic carbocycles. The third-order valence-electron chi connectivity index (χ3n) is 2.69. The SMILES string of the molecule is N#Cc1ncc(Cc2cccc(C(F)(F)F)c2)cc1S. The number of hydrogen-bond donors (Lipinski definition) is 1. The lowest BCUT2D eigenvalue weighted by molar-refractivity contribution is -0.137. The zero-order chi connectivity index (χ0) is 14.8. The highest BCUT2D eigenvalue weighted by Gasteiger charge is 2.30. The molecule has 0 aliphatic rings. The Labute approximate surface area is 119 Å². The molecule has 1 heterocycles. The van der Waals surface area contributed by atoms with E-state index in [1.165, 1.54) is 12.3 Å². The lowest BCUT2D eigenvalue weighted by atomic mass is 10.0. The van der Waals surface area contributed by atoms with Crippen LogP contribution in [0.5, 0.6) is 0 Å². The van der Waals surface area contributed by atoms with Gasteiger partial charge in [0.15, 0.2) is 5.69 Å². The van der Waals surface area contributed by atoms with Crippen molar-refractivity contribution in [1.29, 1.82) is 5.26 Å². The van der Waals surface area contributed by atoms with Gasteiger partial charge >= 0.3 is 6.18 Å². The maximum atomic E-state index is 12.6. The van der Waals surface area contributed by atoms with E-state index >= 15 is 0 Å². The summed E-state index contributed by atoms with van der Waals surface area (Å²) in [6.45, 7) is 0. The molecule has 0 spiro atoms. The van der Waals surface area contributed by atoms with Crippen LogP contribution in [0.15, 0.2) is 41.4 Å². The summed E-state index contributed by atoms with van der Waals surface area (Å²) in [5, 5.41) is 8.74. The largest absolute Gasteiger partial charge is 0.416 e. The van der Waals surface area contributed by atoms with Gasteiger partial charge in [-0.3, -0.25) is 0 Å². The number of halogens is 3. The molecule has 0 aliphatic heterocycles. The van der Waals surface area contributed by atoms with Crippen molar-refractivity contribution >= 4 is 12.6 Å². The van der Waals surface area contributed by atoms with Crippen LogP contribution >= 0.6 is 12.6 Å². The van der Waals surface area contributed by atoms with E-state index < -0.39 is 11.7 Å². The van der Waals surface area contributed by atoms with Gasteiger partial charge in [-0.25, -0.2) is 4.98 Å². The van der Waals surface area contributed by atoms with Crippen LogP contribution in [-0.2, 0) is 12.6 Å². The van der Waals surface area contributed by atoms with Crippen LogP contribution in [0.3, 0.4) is 0 Å². The highest BCUT2D eigenvalue weighted by molar-refractivity contribution is 7.80. The van der Waals surface area contributed by atoms with Gasteiger partial charge in [-0.15, -0.1) is 12.6 Å². The molecule has 2 rings (SSSR count). The first kappa shape index (κ1) is 14.4. The average molecular weight is 294 g/mol. The standard InChI is InChI=1S/C14H9F3N2S/c15-14(16,17)11-3-1-2-9(5-11)4-10-6-13(20)12(7-18)19-8-10/h1-3,5-6,8,20H,4H2. The lowest BCUT2D eigenvalue weighted by Crippen LogP contribution is -2.05. The van der Waals surface area contributed by atoms with Crippen molar-refractivity contribution in [3.8, 4) is 6.07 Å². The first-order valence-corrected chi connectivity index (χ1v) is 6.09. The van der Waals surface area contributed by atoms with E-state index in [1.807, 2.05) is 6.07 Å². The quantitative estimate of drug-likeness (QED) is 0.854. The van der Waals surface area contributed by atoms with Crippen molar-refractivity contribution in [3.05, 3.63) is 58.9 Å². The fourth-order valence-electron chi connectivity index (χ4n) is 1.77. The number of rotatable bonds is 2. The van der Waals surface area contributed by atoms with Crippen molar-refractivity contribution in [1.82, 2.24) is 4.98 Å². The maximum Gasteiger partial charge on any atom is 0.416 e. The smallest absolute Gasteiger partial charge is 0.244 e. The Morgan fingerprint density at radius 3 is 2.55 bits per heavy atom. The summed E-state index contributed by atoms with van der Waals surface area (Å²) in [6.07, 6.45) is -2.58. The Morgan fingerprint density at radius 2 is 1.95 bits per heavy atom. The summed E-state index contributed by atoms with van der Waals surface area (Å²) < 4.78 is 37.8. The predicted molar refractivity (Wildman–Crippen MR) is 70.5 cm³/mol. The number of nitrogens with zero attached hydrogens (tertiary/aromatic N) is 2. The van der Waals surface area contributed by atoms with E-state index in [4.69, 9.17) is 5.26 Å². The first-order valence-electron chi connectivity index (χ1n) is 5.64. The van der Waals surface area contributed by atoms with Gasteiger partial charge in [0.1, 0.15) is 6.07 Å². The molecule has 0 unspecified atom stereocenters. The molecule has 0 bridgehead atoms. The molecule has 2 aromatic rings. The number of thiol groups is 1. The summed E-state index contributed by atoms with van der Waals surface area (Å²) in [5.41, 5.74) is 0.746. The highest BCUT2D eigenvalue weighted by Crippen LogP contribution is 2.30. The zero-order valence-electron chi connectivity index (χ0n) is 10.1. The van der Waals surface area contributed by atoms with Gasteiger partial charge < -0.3 is 0 Å². The Kier molecular flexibility index (Phi) is 4.00. The van der Waals surface area contributed by atoms with Gasteiger partial charge in [-0.05, 0) is 29.7 Å². The number of nitriles is 1. The molecule has 0 saturated heterocycles. The van der Waals surface area contributed by atoms with Crippen molar-refractivity contribution in [2.24, 2.45) is 0 Å². The number of pyridine rings is 1. The van der Waals surface area contributed by atoms with E-state index in [0.29, 0.717) is 22.4 Å². The second kappa shape index (κ2) is 5.55. The van der Waals surface area contributed by atoms with E-state index in [-0.39, 0.29) is 5.69 Å².